The summed E-state index contributed by atoms with van der Waals surface area (Å²) in [5.41, 5.74) is 3.49. The second kappa shape index (κ2) is 5.64. The van der Waals surface area contributed by atoms with Crippen molar-refractivity contribution in [2.24, 2.45) is 7.05 Å². The van der Waals surface area contributed by atoms with E-state index in [0.717, 1.165) is 24.5 Å². The highest BCUT2D eigenvalue weighted by atomic mass is 15.4. The van der Waals surface area contributed by atoms with Crippen LogP contribution in [0.15, 0.2) is 30.5 Å². The zero-order valence-electron chi connectivity index (χ0n) is 11.1. The number of benzene rings is 1. The summed E-state index contributed by atoms with van der Waals surface area (Å²) in [6, 6.07) is 8.49. The maximum absolute atomic E-state index is 3.90. The molecule has 0 fully saturated rings. The van der Waals surface area contributed by atoms with E-state index in [1.165, 1.54) is 5.56 Å². The Bertz CT molecular complexity index is 486. The molecule has 0 atom stereocenters. The number of nitrogens with zero attached hydrogens (tertiary/aromatic N) is 4. The SMILES string of the molecule is CN(C)Cc1ccc(NCc2cnnn2C)cc1. The van der Waals surface area contributed by atoms with Crippen molar-refractivity contribution in [2.75, 3.05) is 19.4 Å². The molecule has 1 aromatic carbocycles. The van der Waals surface area contributed by atoms with E-state index in [2.05, 4.69) is 58.9 Å². The van der Waals surface area contributed by atoms with E-state index in [9.17, 15) is 0 Å². The maximum Gasteiger partial charge on any atom is 0.0774 e. The lowest BCUT2D eigenvalue weighted by Gasteiger charge is -2.11. The summed E-state index contributed by atoms with van der Waals surface area (Å²) in [6.45, 7) is 1.70. The second-order valence-electron chi connectivity index (χ2n) is 4.64. The average Bonchev–Trinajstić information content (AvgIpc) is 2.73. The summed E-state index contributed by atoms with van der Waals surface area (Å²) in [4.78, 5) is 2.16. The number of aromatic nitrogens is 3. The third kappa shape index (κ3) is 3.30. The molecule has 0 unspecified atom stereocenters. The van der Waals surface area contributed by atoms with E-state index in [1.807, 2.05) is 7.05 Å². The smallest absolute Gasteiger partial charge is 0.0774 e. The van der Waals surface area contributed by atoms with E-state index >= 15 is 0 Å². The second-order valence-corrected chi connectivity index (χ2v) is 4.64. The number of rotatable bonds is 5. The monoisotopic (exact) mass is 245 g/mol. The van der Waals surface area contributed by atoms with Crippen LogP contribution in [0.4, 0.5) is 5.69 Å². The molecular formula is C13H19N5. The zero-order valence-corrected chi connectivity index (χ0v) is 11.1. The lowest BCUT2D eigenvalue weighted by Crippen LogP contribution is -2.10. The Morgan fingerprint density at radius 3 is 2.50 bits per heavy atom. The summed E-state index contributed by atoms with van der Waals surface area (Å²) in [7, 11) is 6.04. The number of anilines is 1. The summed E-state index contributed by atoms with van der Waals surface area (Å²) < 4.78 is 1.77. The fourth-order valence-electron chi connectivity index (χ4n) is 1.76. The Kier molecular flexibility index (Phi) is 3.94. The lowest BCUT2D eigenvalue weighted by molar-refractivity contribution is 0.402. The molecule has 0 aliphatic rings. The van der Waals surface area contributed by atoms with Crippen LogP contribution in [0.25, 0.3) is 0 Å². The Morgan fingerprint density at radius 1 is 1.22 bits per heavy atom. The summed E-state index contributed by atoms with van der Waals surface area (Å²) in [5.74, 6) is 0. The minimum Gasteiger partial charge on any atom is -0.379 e. The molecular weight excluding hydrogens is 226 g/mol. The van der Waals surface area contributed by atoms with Crippen LogP contribution in [-0.4, -0.2) is 34.0 Å². The van der Waals surface area contributed by atoms with E-state index < -0.39 is 0 Å². The predicted octanol–water partition coefficient (Wildman–Crippen LogP) is 1.49. The van der Waals surface area contributed by atoms with Gasteiger partial charge in [0.1, 0.15) is 0 Å². The third-order valence-electron chi connectivity index (χ3n) is 2.73. The highest BCUT2D eigenvalue weighted by Crippen LogP contribution is 2.11. The van der Waals surface area contributed by atoms with Crippen LogP contribution in [0.2, 0.25) is 0 Å². The Hall–Kier alpha value is -1.88. The quantitative estimate of drug-likeness (QED) is 0.867. The Labute approximate surface area is 107 Å². The number of hydrogen-bond acceptors (Lipinski definition) is 4. The van der Waals surface area contributed by atoms with Gasteiger partial charge in [-0.1, -0.05) is 17.3 Å². The molecule has 5 nitrogen and oxygen atoms in total. The number of hydrogen-bond donors (Lipinski definition) is 1. The van der Waals surface area contributed by atoms with Crippen LogP contribution < -0.4 is 5.32 Å². The molecule has 0 aliphatic carbocycles. The molecule has 1 heterocycles. The van der Waals surface area contributed by atoms with Gasteiger partial charge in [-0.2, -0.15) is 0 Å². The normalized spacial score (nSPS) is 10.9. The van der Waals surface area contributed by atoms with Crippen molar-refractivity contribution in [2.45, 2.75) is 13.1 Å². The van der Waals surface area contributed by atoms with E-state index in [4.69, 9.17) is 0 Å². The molecule has 1 N–H and O–H groups in total. The zero-order chi connectivity index (χ0) is 13.0. The van der Waals surface area contributed by atoms with Crippen molar-refractivity contribution >= 4 is 5.69 Å². The van der Waals surface area contributed by atoms with E-state index in [-0.39, 0.29) is 0 Å². The van der Waals surface area contributed by atoms with Crippen molar-refractivity contribution in [3.05, 3.63) is 41.7 Å². The van der Waals surface area contributed by atoms with E-state index in [1.54, 1.807) is 10.9 Å². The fourth-order valence-corrected chi connectivity index (χ4v) is 1.76. The fraction of sp³-hybridized carbons (Fsp3) is 0.385. The van der Waals surface area contributed by atoms with Gasteiger partial charge >= 0.3 is 0 Å². The molecule has 2 aromatic rings. The van der Waals surface area contributed by atoms with Gasteiger partial charge in [0.05, 0.1) is 18.4 Å². The van der Waals surface area contributed by atoms with Crippen molar-refractivity contribution in [3.8, 4) is 0 Å². The Morgan fingerprint density at radius 2 is 1.94 bits per heavy atom. The van der Waals surface area contributed by atoms with Gasteiger partial charge < -0.3 is 10.2 Å². The Balaban J connectivity index is 1.92. The number of nitrogens with one attached hydrogen (secondary N) is 1. The standard InChI is InChI=1S/C13H19N5/c1-17(2)10-11-4-6-12(7-5-11)14-8-13-9-15-16-18(13)3/h4-7,9,14H,8,10H2,1-3H3. The molecule has 0 bridgehead atoms. The van der Waals surface area contributed by atoms with Crippen LogP contribution in [0.1, 0.15) is 11.3 Å². The largest absolute Gasteiger partial charge is 0.379 e. The van der Waals surface area contributed by atoms with Crippen molar-refractivity contribution in [1.82, 2.24) is 19.9 Å². The van der Waals surface area contributed by atoms with Gasteiger partial charge in [0.15, 0.2) is 0 Å². The van der Waals surface area contributed by atoms with Crippen LogP contribution in [0, 0.1) is 0 Å². The molecule has 18 heavy (non-hydrogen) atoms. The molecule has 1 aromatic heterocycles. The van der Waals surface area contributed by atoms with Crippen LogP contribution in [0.3, 0.4) is 0 Å². The first-order valence-corrected chi connectivity index (χ1v) is 5.96. The van der Waals surface area contributed by atoms with Gasteiger partial charge in [0, 0.05) is 19.3 Å². The van der Waals surface area contributed by atoms with Gasteiger partial charge in [0.25, 0.3) is 0 Å². The molecule has 96 valence electrons. The highest BCUT2D eigenvalue weighted by molar-refractivity contribution is 5.44. The van der Waals surface area contributed by atoms with Crippen molar-refractivity contribution < 1.29 is 0 Å². The molecule has 0 spiro atoms. The minimum atomic E-state index is 0.733. The predicted molar refractivity (Wildman–Crippen MR) is 72.2 cm³/mol. The van der Waals surface area contributed by atoms with Crippen molar-refractivity contribution in [1.29, 1.82) is 0 Å². The van der Waals surface area contributed by atoms with Crippen LogP contribution in [0.5, 0.6) is 0 Å². The molecule has 0 radical (unpaired) electrons. The highest BCUT2D eigenvalue weighted by Gasteiger charge is 2.00. The third-order valence-corrected chi connectivity index (χ3v) is 2.73. The summed E-state index contributed by atoms with van der Waals surface area (Å²) in [6.07, 6.45) is 1.77. The molecule has 0 aliphatic heterocycles. The first-order valence-electron chi connectivity index (χ1n) is 5.96. The summed E-state index contributed by atoms with van der Waals surface area (Å²) in [5, 5.41) is 11.1. The maximum atomic E-state index is 3.90. The topological polar surface area (TPSA) is 46.0 Å². The van der Waals surface area contributed by atoms with Gasteiger partial charge in [-0.15, -0.1) is 5.10 Å². The lowest BCUT2D eigenvalue weighted by atomic mass is 10.2. The van der Waals surface area contributed by atoms with Crippen LogP contribution in [-0.2, 0) is 20.1 Å². The van der Waals surface area contributed by atoms with Crippen LogP contribution >= 0.6 is 0 Å². The van der Waals surface area contributed by atoms with Crippen molar-refractivity contribution in [3.63, 3.8) is 0 Å². The molecule has 0 amide bonds. The van der Waals surface area contributed by atoms with Gasteiger partial charge in [-0.3, -0.25) is 4.68 Å². The molecule has 0 saturated carbocycles. The first kappa shape index (κ1) is 12.6. The number of aryl methyl sites for hydroxylation is 1. The van der Waals surface area contributed by atoms with Gasteiger partial charge in [-0.25, -0.2) is 0 Å². The molecule has 5 heteroatoms. The molecule has 0 saturated heterocycles. The average molecular weight is 245 g/mol. The van der Waals surface area contributed by atoms with Gasteiger partial charge in [0.2, 0.25) is 0 Å². The minimum absolute atomic E-state index is 0.733. The summed E-state index contributed by atoms with van der Waals surface area (Å²) >= 11 is 0. The van der Waals surface area contributed by atoms with Gasteiger partial charge in [-0.05, 0) is 31.8 Å². The first-order chi connectivity index (χ1) is 8.65. The molecule has 2 rings (SSSR count). The van der Waals surface area contributed by atoms with E-state index in [0.29, 0.717) is 0 Å².